The Morgan fingerprint density at radius 2 is 1.05 bits per heavy atom. The highest BCUT2D eigenvalue weighted by Crippen LogP contribution is 2.15. The zero-order chi connectivity index (χ0) is 16.5. The fourth-order valence-corrected chi connectivity index (χ4v) is 3.02. The van der Waals surface area contributed by atoms with Crippen LogP contribution in [0.2, 0.25) is 0 Å². The second kappa shape index (κ2) is 17.0. The zero-order valence-electron chi connectivity index (χ0n) is 15.8. The predicted octanol–water partition coefficient (Wildman–Crippen LogP) is 7.47. The number of ketones is 1. The maximum atomic E-state index is 10.8. The molecular formula is C21H42O. The highest BCUT2D eigenvalue weighted by Gasteiger charge is 1.98. The van der Waals surface area contributed by atoms with Gasteiger partial charge in [-0.2, -0.15) is 0 Å². The van der Waals surface area contributed by atoms with E-state index in [-0.39, 0.29) is 0 Å². The van der Waals surface area contributed by atoms with Gasteiger partial charge in [0.2, 0.25) is 0 Å². The summed E-state index contributed by atoms with van der Waals surface area (Å²) < 4.78 is 0. The number of rotatable bonds is 17. The van der Waals surface area contributed by atoms with Crippen molar-refractivity contribution in [2.75, 3.05) is 0 Å². The van der Waals surface area contributed by atoms with Crippen LogP contribution in [0, 0.1) is 5.92 Å². The summed E-state index contributed by atoms with van der Waals surface area (Å²) in [6, 6.07) is 0. The van der Waals surface area contributed by atoms with Gasteiger partial charge in [-0.1, -0.05) is 104 Å². The van der Waals surface area contributed by atoms with Crippen molar-refractivity contribution in [2.24, 2.45) is 5.92 Å². The number of hydrogen-bond acceptors (Lipinski definition) is 1. The third kappa shape index (κ3) is 17.7. The molecule has 0 aromatic rings. The van der Waals surface area contributed by atoms with E-state index >= 15 is 0 Å². The lowest BCUT2D eigenvalue weighted by Gasteiger charge is -2.07. The Bertz CT molecular complexity index is 234. The predicted molar refractivity (Wildman–Crippen MR) is 99.4 cm³/mol. The average molecular weight is 311 g/mol. The summed E-state index contributed by atoms with van der Waals surface area (Å²) in [4.78, 5) is 10.8. The van der Waals surface area contributed by atoms with Crippen molar-refractivity contribution in [2.45, 2.75) is 124 Å². The summed E-state index contributed by atoms with van der Waals surface area (Å²) in [6.07, 6.45) is 21.5. The second-order valence-corrected chi connectivity index (χ2v) is 7.35. The van der Waals surface area contributed by atoms with Gasteiger partial charge in [0.05, 0.1) is 0 Å². The fraction of sp³-hybridized carbons (Fsp3) is 0.952. The molecule has 0 aromatic carbocycles. The zero-order valence-corrected chi connectivity index (χ0v) is 15.8. The summed E-state index contributed by atoms with van der Waals surface area (Å²) in [7, 11) is 0. The second-order valence-electron chi connectivity index (χ2n) is 7.35. The Labute approximate surface area is 140 Å². The first-order valence-electron chi connectivity index (χ1n) is 10.2. The van der Waals surface area contributed by atoms with E-state index in [1.165, 1.54) is 89.9 Å². The van der Waals surface area contributed by atoms with E-state index in [4.69, 9.17) is 0 Å². The molecule has 0 N–H and O–H groups in total. The van der Waals surface area contributed by atoms with E-state index < -0.39 is 0 Å². The van der Waals surface area contributed by atoms with E-state index in [2.05, 4.69) is 13.8 Å². The van der Waals surface area contributed by atoms with E-state index in [0.29, 0.717) is 5.78 Å². The van der Waals surface area contributed by atoms with E-state index in [9.17, 15) is 4.79 Å². The largest absolute Gasteiger partial charge is 0.300 e. The van der Waals surface area contributed by atoms with Crippen molar-refractivity contribution < 1.29 is 4.79 Å². The van der Waals surface area contributed by atoms with Crippen molar-refractivity contribution >= 4 is 5.78 Å². The minimum Gasteiger partial charge on any atom is -0.300 e. The van der Waals surface area contributed by atoms with Crippen LogP contribution >= 0.6 is 0 Å². The number of Topliss-reactive ketones (excluding diaryl/α,β-unsaturated/α-hetero) is 1. The van der Waals surface area contributed by atoms with Crippen molar-refractivity contribution in [1.29, 1.82) is 0 Å². The lowest BCUT2D eigenvalue weighted by molar-refractivity contribution is -0.117. The third-order valence-corrected chi connectivity index (χ3v) is 4.92. The van der Waals surface area contributed by atoms with Gasteiger partial charge in [0.1, 0.15) is 5.78 Å². The standard InChI is InChI=1S/C21H42O/c1-4-20(2)18-16-14-12-10-8-6-5-7-9-11-13-15-17-19-21(3)22/h20H,4-19H2,1-3H3. The van der Waals surface area contributed by atoms with E-state index in [0.717, 1.165) is 18.8 Å². The number of hydrogen-bond donors (Lipinski definition) is 0. The summed E-state index contributed by atoms with van der Waals surface area (Å²) in [5.74, 6) is 1.28. The molecular weight excluding hydrogens is 268 g/mol. The summed E-state index contributed by atoms with van der Waals surface area (Å²) in [6.45, 7) is 6.38. The van der Waals surface area contributed by atoms with Crippen LogP contribution in [0.25, 0.3) is 0 Å². The molecule has 0 saturated heterocycles. The molecule has 132 valence electrons. The monoisotopic (exact) mass is 310 g/mol. The fourth-order valence-electron chi connectivity index (χ4n) is 3.02. The van der Waals surface area contributed by atoms with Crippen LogP contribution in [-0.4, -0.2) is 5.78 Å². The molecule has 1 atom stereocenters. The molecule has 0 aliphatic heterocycles. The third-order valence-electron chi connectivity index (χ3n) is 4.92. The Morgan fingerprint density at radius 1 is 0.682 bits per heavy atom. The van der Waals surface area contributed by atoms with Gasteiger partial charge in [0.25, 0.3) is 0 Å². The van der Waals surface area contributed by atoms with E-state index in [1.807, 2.05) is 0 Å². The van der Waals surface area contributed by atoms with Gasteiger partial charge in [-0.05, 0) is 19.3 Å². The van der Waals surface area contributed by atoms with Crippen molar-refractivity contribution in [1.82, 2.24) is 0 Å². The highest BCUT2D eigenvalue weighted by molar-refractivity contribution is 5.75. The highest BCUT2D eigenvalue weighted by atomic mass is 16.1. The Hall–Kier alpha value is -0.330. The van der Waals surface area contributed by atoms with Crippen molar-refractivity contribution in [3.63, 3.8) is 0 Å². The molecule has 0 amide bonds. The lowest BCUT2D eigenvalue weighted by Crippen LogP contribution is -1.91. The lowest BCUT2D eigenvalue weighted by atomic mass is 9.99. The maximum absolute atomic E-state index is 10.8. The van der Waals surface area contributed by atoms with Crippen LogP contribution in [0.5, 0.6) is 0 Å². The number of unbranched alkanes of at least 4 members (excludes halogenated alkanes) is 12. The molecule has 0 fully saturated rings. The molecule has 0 bridgehead atoms. The minimum absolute atomic E-state index is 0.347. The molecule has 0 radical (unpaired) electrons. The van der Waals surface area contributed by atoms with Gasteiger partial charge >= 0.3 is 0 Å². The molecule has 1 heteroatoms. The van der Waals surface area contributed by atoms with Crippen LogP contribution in [0.3, 0.4) is 0 Å². The molecule has 1 nitrogen and oxygen atoms in total. The van der Waals surface area contributed by atoms with Gasteiger partial charge in [0, 0.05) is 6.42 Å². The van der Waals surface area contributed by atoms with Crippen LogP contribution < -0.4 is 0 Å². The molecule has 22 heavy (non-hydrogen) atoms. The summed E-state index contributed by atoms with van der Waals surface area (Å²) in [5.41, 5.74) is 0. The van der Waals surface area contributed by atoms with Gasteiger partial charge < -0.3 is 4.79 Å². The van der Waals surface area contributed by atoms with E-state index in [1.54, 1.807) is 6.92 Å². The normalized spacial score (nSPS) is 12.5. The first-order valence-corrected chi connectivity index (χ1v) is 10.2. The Morgan fingerprint density at radius 3 is 1.41 bits per heavy atom. The maximum Gasteiger partial charge on any atom is 0.129 e. The molecule has 0 aliphatic rings. The van der Waals surface area contributed by atoms with Crippen molar-refractivity contribution in [3.8, 4) is 0 Å². The van der Waals surface area contributed by atoms with Gasteiger partial charge in [0.15, 0.2) is 0 Å². The Kier molecular flexibility index (Phi) is 16.8. The van der Waals surface area contributed by atoms with Gasteiger partial charge in [-0.25, -0.2) is 0 Å². The van der Waals surface area contributed by atoms with Crippen LogP contribution in [-0.2, 0) is 4.79 Å². The average Bonchev–Trinajstić information content (AvgIpc) is 2.50. The molecule has 0 aliphatic carbocycles. The van der Waals surface area contributed by atoms with Crippen molar-refractivity contribution in [3.05, 3.63) is 0 Å². The van der Waals surface area contributed by atoms with Crippen LogP contribution in [0.4, 0.5) is 0 Å². The van der Waals surface area contributed by atoms with Gasteiger partial charge in [-0.15, -0.1) is 0 Å². The molecule has 0 heterocycles. The SMILES string of the molecule is CCC(C)CCCCCCCCCCCCCCCC(C)=O. The topological polar surface area (TPSA) is 17.1 Å². The van der Waals surface area contributed by atoms with Crippen LogP contribution in [0.1, 0.15) is 124 Å². The first-order chi connectivity index (χ1) is 10.7. The summed E-state index contributed by atoms with van der Waals surface area (Å²) >= 11 is 0. The minimum atomic E-state index is 0.347. The molecule has 0 rings (SSSR count). The number of carbonyl (C=O) groups is 1. The summed E-state index contributed by atoms with van der Waals surface area (Å²) in [5, 5.41) is 0. The van der Waals surface area contributed by atoms with Crippen LogP contribution in [0.15, 0.2) is 0 Å². The Balaban J connectivity index is 3.01. The molecule has 0 saturated carbocycles. The first kappa shape index (κ1) is 21.7. The quantitative estimate of drug-likeness (QED) is 0.255. The number of carbonyl (C=O) groups excluding carboxylic acids is 1. The molecule has 0 aromatic heterocycles. The smallest absolute Gasteiger partial charge is 0.129 e. The molecule has 1 unspecified atom stereocenters. The van der Waals surface area contributed by atoms with Gasteiger partial charge in [-0.3, -0.25) is 0 Å². The molecule has 0 spiro atoms.